The normalized spacial score (nSPS) is 16.5. The summed E-state index contributed by atoms with van der Waals surface area (Å²) >= 11 is 0. The largest absolute Gasteiger partial charge is 0.435 e. The van der Waals surface area contributed by atoms with E-state index in [0.717, 1.165) is 29.0 Å². The lowest BCUT2D eigenvalue weighted by atomic mass is 10.1. The minimum atomic E-state index is -4.71. The fourth-order valence-electron chi connectivity index (χ4n) is 3.79. The number of amides is 2. The van der Waals surface area contributed by atoms with Gasteiger partial charge >= 0.3 is 12.2 Å². The van der Waals surface area contributed by atoms with Gasteiger partial charge in [0, 0.05) is 11.8 Å². The summed E-state index contributed by atoms with van der Waals surface area (Å²) < 4.78 is 89.5. The van der Waals surface area contributed by atoms with E-state index in [9.17, 15) is 39.9 Å². The maximum absolute atomic E-state index is 13.0. The molecule has 182 valence electrons. The van der Waals surface area contributed by atoms with Crippen molar-refractivity contribution in [3.63, 3.8) is 0 Å². The summed E-state index contributed by atoms with van der Waals surface area (Å²) in [6.07, 6.45) is -1.85. The highest BCUT2D eigenvalue weighted by atomic mass is 32.2. The van der Waals surface area contributed by atoms with Gasteiger partial charge in [0.15, 0.2) is 5.69 Å². The molecule has 0 bridgehead atoms. The van der Waals surface area contributed by atoms with Crippen molar-refractivity contribution in [2.45, 2.75) is 38.2 Å². The first-order valence-electron chi connectivity index (χ1n) is 9.44. The summed E-state index contributed by atoms with van der Waals surface area (Å²) in [7, 11) is -8.10. The molecule has 2 N–H and O–H groups in total. The van der Waals surface area contributed by atoms with E-state index in [2.05, 4.69) is 5.10 Å². The van der Waals surface area contributed by atoms with E-state index in [1.165, 1.54) is 0 Å². The van der Waals surface area contributed by atoms with Gasteiger partial charge in [0.05, 0.1) is 31.7 Å². The number of aliphatic hydroxyl groups is 1. The molecule has 10 nitrogen and oxygen atoms in total. The van der Waals surface area contributed by atoms with Crippen LogP contribution in [0.25, 0.3) is 0 Å². The number of nitrogens with zero attached hydrogens (tertiary/aromatic N) is 3. The molecule has 0 unspecified atom stereocenters. The fourth-order valence-corrected chi connectivity index (χ4v) is 5.30. The molecule has 0 spiro atoms. The summed E-state index contributed by atoms with van der Waals surface area (Å²) in [5, 5.41) is 12.7. The predicted octanol–water partition coefficient (Wildman–Crippen LogP) is 0.840. The van der Waals surface area contributed by atoms with Gasteiger partial charge in [-0.3, -0.25) is 4.68 Å². The van der Waals surface area contributed by atoms with Crippen LogP contribution >= 0.6 is 0 Å². The molecule has 1 aromatic heterocycles. The van der Waals surface area contributed by atoms with Gasteiger partial charge in [0.1, 0.15) is 0 Å². The van der Waals surface area contributed by atoms with Crippen molar-refractivity contribution >= 4 is 26.1 Å². The number of carbonyl (C=O) groups excluding carboxylic acids is 1. The molecule has 0 saturated heterocycles. The highest BCUT2D eigenvalue weighted by Gasteiger charge is 2.38. The van der Waals surface area contributed by atoms with Crippen LogP contribution in [0.1, 0.15) is 27.9 Å². The first-order valence-corrected chi connectivity index (χ1v) is 13.2. The monoisotopic (exact) mass is 510 g/mol. The Morgan fingerprint density at radius 2 is 1.85 bits per heavy atom. The van der Waals surface area contributed by atoms with E-state index in [1.54, 1.807) is 22.9 Å². The van der Waals surface area contributed by atoms with Crippen LogP contribution in [0.15, 0.2) is 24.4 Å². The number of nitrogens with one attached hydrogen (secondary N) is 1. The maximum Gasteiger partial charge on any atom is 0.435 e. The van der Waals surface area contributed by atoms with Crippen LogP contribution in [-0.4, -0.2) is 60.6 Å². The molecule has 1 aliphatic rings. The van der Waals surface area contributed by atoms with Crippen LogP contribution in [-0.2, 0) is 52.2 Å². The Balaban J connectivity index is 1.83. The second-order valence-corrected chi connectivity index (χ2v) is 11.4. The van der Waals surface area contributed by atoms with Gasteiger partial charge in [-0.05, 0) is 29.5 Å². The van der Waals surface area contributed by atoms with E-state index in [1.807, 2.05) is 0 Å². The van der Waals surface area contributed by atoms with E-state index in [-0.39, 0.29) is 24.9 Å². The van der Waals surface area contributed by atoms with E-state index >= 15 is 0 Å². The Labute approximate surface area is 188 Å². The molecular formula is C18H21F3N4O6S2. The molecule has 1 heterocycles. The van der Waals surface area contributed by atoms with Crippen molar-refractivity contribution in [3.8, 4) is 0 Å². The molecule has 0 aliphatic heterocycles. The molecule has 1 atom stereocenters. The molecule has 2 amide bonds. The number of fused-ring (bicyclic) bond motifs is 1. The Morgan fingerprint density at radius 3 is 2.36 bits per heavy atom. The average Bonchev–Trinajstić information content (AvgIpc) is 3.21. The van der Waals surface area contributed by atoms with E-state index < -0.39 is 50.6 Å². The second-order valence-electron chi connectivity index (χ2n) is 7.76. The van der Waals surface area contributed by atoms with E-state index in [0.29, 0.717) is 15.4 Å². The molecule has 1 aliphatic carbocycles. The molecule has 15 heteroatoms. The summed E-state index contributed by atoms with van der Waals surface area (Å²) in [5.74, 6) is 0. The smallest absolute Gasteiger partial charge is 0.392 e. The number of rotatable bonds is 6. The lowest BCUT2D eigenvalue weighted by Gasteiger charge is -2.26. The number of halogens is 3. The minimum Gasteiger partial charge on any atom is -0.392 e. The molecule has 33 heavy (non-hydrogen) atoms. The van der Waals surface area contributed by atoms with Crippen molar-refractivity contribution in [2.75, 3.05) is 12.5 Å². The van der Waals surface area contributed by atoms with Crippen LogP contribution in [0.4, 0.5) is 18.0 Å². The summed E-state index contributed by atoms with van der Waals surface area (Å²) in [6.45, 7) is -0.858. The summed E-state index contributed by atoms with van der Waals surface area (Å²) in [5.41, 5.74) is 0.429. The van der Waals surface area contributed by atoms with Crippen LogP contribution in [0.3, 0.4) is 0 Å². The van der Waals surface area contributed by atoms with Crippen LogP contribution in [0.2, 0.25) is 0 Å². The molecule has 0 saturated carbocycles. The Kier molecular flexibility index (Phi) is 6.52. The number of hydrogen-bond donors (Lipinski definition) is 2. The molecule has 0 fully saturated rings. The lowest BCUT2D eigenvalue weighted by molar-refractivity contribution is -0.142. The highest BCUT2D eigenvalue weighted by Crippen LogP contribution is 2.31. The number of sulfonamides is 2. The van der Waals surface area contributed by atoms with Gasteiger partial charge in [-0.1, -0.05) is 18.2 Å². The van der Waals surface area contributed by atoms with Crippen LogP contribution in [0, 0.1) is 0 Å². The lowest BCUT2D eigenvalue weighted by Crippen LogP contribution is -2.50. The SMILES string of the molecule is CS(=O)(=O)NC(=O)N([C@@H]1Cc2ccc(Cn3cc(CO)c(C(F)(F)F)n3)cc2C1)S(C)(=O)=O. The van der Waals surface area contributed by atoms with Gasteiger partial charge in [0.2, 0.25) is 20.0 Å². The van der Waals surface area contributed by atoms with Crippen molar-refractivity contribution < 1.29 is 39.9 Å². The Hall–Kier alpha value is -2.65. The van der Waals surface area contributed by atoms with Crippen LogP contribution < -0.4 is 4.72 Å². The van der Waals surface area contributed by atoms with Gasteiger partial charge < -0.3 is 5.11 Å². The third kappa shape index (κ3) is 5.83. The standard InChI is InChI=1S/C18H21F3N4O6S2/c1-32(28,29)23-17(27)25(33(2,30)31)15-6-12-4-3-11(5-13(12)7-15)8-24-9-14(10-26)16(22-24)18(19,20)21/h3-5,9,15,26H,6-8,10H2,1-2H3,(H,23,27)/t15-/m1/s1. The second kappa shape index (κ2) is 8.61. The molecule has 0 radical (unpaired) electrons. The average molecular weight is 511 g/mol. The zero-order valence-electron chi connectivity index (χ0n) is 17.5. The van der Waals surface area contributed by atoms with Crippen molar-refractivity contribution in [2.24, 2.45) is 0 Å². The van der Waals surface area contributed by atoms with Gasteiger partial charge in [-0.25, -0.2) is 30.7 Å². The number of alkyl halides is 3. The van der Waals surface area contributed by atoms with E-state index in [4.69, 9.17) is 0 Å². The Morgan fingerprint density at radius 1 is 1.21 bits per heavy atom. The first kappa shape index (κ1) is 25.0. The zero-order chi connectivity index (χ0) is 24.8. The predicted molar refractivity (Wildman–Crippen MR) is 110 cm³/mol. The number of aliphatic hydroxyl groups excluding tert-OH is 1. The first-order chi connectivity index (χ1) is 15.1. The summed E-state index contributed by atoms with van der Waals surface area (Å²) in [6, 6.07) is 2.81. The highest BCUT2D eigenvalue weighted by molar-refractivity contribution is 7.90. The van der Waals surface area contributed by atoms with Gasteiger partial charge in [-0.15, -0.1) is 0 Å². The molecule has 2 aromatic rings. The van der Waals surface area contributed by atoms with Gasteiger partial charge in [0.25, 0.3) is 0 Å². The summed E-state index contributed by atoms with van der Waals surface area (Å²) in [4.78, 5) is 12.3. The number of benzene rings is 1. The van der Waals surface area contributed by atoms with Crippen molar-refractivity contribution in [1.82, 2.24) is 18.8 Å². The number of aromatic nitrogens is 2. The fraction of sp³-hybridized carbons (Fsp3) is 0.444. The van der Waals surface area contributed by atoms with Crippen molar-refractivity contribution in [3.05, 3.63) is 52.3 Å². The number of hydrogen-bond acceptors (Lipinski definition) is 7. The van der Waals surface area contributed by atoms with Gasteiger partial charge in [-0.2, -0.15) is 18.3 Å². The number of urea groups is 1. The zero-order valence-corrected chi connectivity index (χ0v) is 19.1. The molecular weight excluding hydrogens is 489 g/mol. The number of carbonyl (C=O) groups is 1. The topological polar surface area (TPSA) is 139 Å². The third-order valence-electron chi connectivity index (χ3n) is 4.96. The quantitative estimate of drug-likeness (QED) is 0.587. The van der Waals surface area contributed by atoms with Crippen molar-refractivity contribution in [1.29, 1.82) is 0 Å². The third-order valence-corrected chi connectivity index (χ3v) is 6.69. The maximum atomic E-state index is 13.0. The molecule has 1 aromatic carbocycles. The minimum absolute atomic E-state index is 0.0363. The van der Waals surface area contributed by atoms with Crippen LogP contribution in [0.5, 0.6) is 0 Å². The molecule has 3 rings (SSSR count). The Bertz CT molecular complexity index is 1290.